The summed E-state index contributed by atoms with van der Waals surface area (Å²) >= 11 is 3.43. The molecule has 10 heavy (non-hydrogen) atoms. The molecule has 0 heterocycles. The summed E-state index contributed by atoms with van der Waals surface area (Å²) in [6.07, 6.45) is -3.80. The SMILES string of the molecule is O=C(O)[C@@H](O)[C@H](F)CNS. The van der Waals surface area contributed by atoms with Gasteiger partial charge >= 0.3 is 5.97 Å². The first-order chi connectivity index (χ1) is 4.59. The fraction of sp³-hybridized carbons (Fsp3) is 0.750. The number of carbonyl (C=O) groups is 1. The van der Waals surface area contributed by atoms with Crippen LogP contribution in [0.15, 0.2) is 0 Å². The molecule has 0 radical (unpaired) electrons. The third-order valence-corrected chi connectivity index (χ3v) is 1.06. The molecule has 0 fully saturated rings. The van der Waals surface area contributed by atoms with Gasteiger partial charge in [0, 0.05) is 6.54 Å². The van der Waals surface area contributed by atoms with Crippen molar-refractivity contribution in [3.63, 3.8) is 0 Å². The summed E-state index contributed by atoms with van der Waals surface area (Å²) < 4.78 is 14.4. The third kappa shape index (κ3) is 3.00. The van der Waals surface area contributed by atoms with E-state index in [2.05, 4.69) is 17.5 Å². The molecule has 0 amide bonds. The highest BCUT2D eigenvalue weighted by molar-refractivity contribution is 7.78. The number of halogens is 1. The number of hydrogen-bond acceptors (Lipinski definition) is 4. The van der Waals surface area contributed by atoms with Gasteiger partial charge in [-0.05, 0) is 0 Å². The van der Waals surface area contributed by atoms with E-state index in [1.165, 1.54) is 0 Å². The van der Waals surface area contributed by atoms with Crippen molar-refractivity contribution >= 4 is 18.8 Å². The predicted octanol–water partition coefficient (Wildman–Crippen LogP) is -0.796. The fourth-order valence-electron chi connectivity index (χ4n) is 0.354. The number of aliphatic carboxylic acids is 1. The fourth-order valence-corrected chi connectivity index (χ4v) is 0.528. The first kappa shape index (κ1) is 9.67. The van der Waals surface area contributed by atoms with E-state index >= 15 is 0 Å². The molecule has 6 heteroatoms. The molecule has 0 aromatic carbocycles. The van der Waals surface area contributed by atoms with Crippen LogP contribution < -0.4 is 4.72 Å². The van der Waals surface area contributed by atoms with Gasteiger partial charge in [-0.25, -0.2) is 9.18 Å². The number of hydrogen-bond donors (Lipinski definition) is 4. The Labute approximate surface area is 62.6 Å². The third-order valence-electron chi connectivity index (χ3n) is 0.882. The van der Waals surface area contributed by atoms with Gasteiger partial charge in [0.15, 0.2) is 6.10 Å². The first-order valence-corrected chi connectivity index (χ1v) is 2.96. The molecular weight excluding hydrogens is 161 g/mol. The largest absolute Gasteiger partial charge is 0.479 e. The highest BCUT2D eigenvalue weighted by Crippen LogP contribution is 1.97. The average Bonchev–Trinajstić information content (AvgIpc) is 1.87. The van der Waals surface area contributed by atoms with Gasteiger partial charge < -0.3 is 10.2 Å². The number of thiol groups is 1. The monoisotopic (exact) mass is 169 g/mol. The summed E-state index contributed by atoms with van der Waals surface area (Å²) in [5, 5.41) is 16.5. The molecule has 0 unspecified atom stereocenters. The van der Waals surface area contributed by atoms with Crippen molar-refractivity contribution in [3.8, 4) is 0 Å². The van der Waals surface area contributed by atoms with Crippen molar-refractivity contribution in [1.29, 1.82) is 0 Å². The molecule has 0 aromatic rings. The van der Waals surface area contributed by atoms with E-state index in [0.29, 0.717) is 0 Å². The highest BCUT2D eigenvalue weighted by atomic mass is 32.1. The highest BCUT2D eigenvalue weighted by Gasteiger charge is 2.24. The van der Waals surface area contributed by atoms with Crippen molar-refractivity contribution in [2.24, 2.45) is 0 Å². The van der Waals surface area contributed by atoms with Gasteiger partial charge in [-0.3, -0.25) is 4.72 Å². The number of aliphatic hydroxyl groups is 1. The lowest BCUT2D eigenvalue weighted by Gasteiger charge is -2.09. The molecule has 3 N–H and O–H groups in total. The summed E-state index contributed by atoms with van der Waals surface area (Å²) in [6, 6.07) is 0. The summed E-state index contributed by atoms with van der Waals surface area (Å²) in [5.74, 6) is -1.57. The number of rotatable bonds is 4. The zero-order chi connectivity index (χ0) is 8.15. The molecule has 0 bridgehead atoms. The normalized spacial score (nSPS) is 16.3. The molecule has 0 rings (SSSR count). The van der Waals surface area contributed by atoms with Crippen molar-refractivity contribution in [3.05, 3.63) is 0 Å². The molecule has 0 aliphatic carbocycles. The van der Waals surface area contributed by atoms with E-state index in [4.69, 9.17) is 10.2 Å². The van der Waals surface area contributed by atoms with E-state index in [0.717, 1.165) is 0 Å². The Balaban J connectivity index is 3.69. The van der Waals surface area contributed by atoms with Gasteiger partial charge in [-0.2, -0.15) is 0 Å². The summed E-state index contributed by atoms with van der Waals surface area (Å²) in [4.78, 5) is 9.87. The van der Waals surface area contributed by atoms with Gasteiger partial charge in [-0.15, -0.1) is 0 Å². The summed E-state index contributed by atoms with van der Waals surface area (Å²) in [7, 11) is 0. The average molecular weight is 169 g/mol. The van der Waals surface area contributed by atoms with Gasteiger partial charge in [0.05, 0.1) is 0 Å². The second-order valence-electron chi connectivity index (χ2n) is 1.66. The maximum Gasteiger partial charge on any atom is 0.335 e. The Kier molecular flexibility index (Phi) is 4.33. The van der Waals surface area contributed by atoms with Crippen LogP contribution in [-0.4, -0.2) is 35.0 Å². The van der Waals surface area contributed by atoms with Gasteiger partial charge in [-0.1, -0.05) is 12.8 Å². The van der Waals surface area contributed by atoms with Crippen molar-refractivity contribution in [2.75, 3.05) is 6.54 Å². The van der Waals surface area contributed by atoms with Crippen LogP contribution in [0.25, 0.3) is 0 Å². The molecule has 4 nitrogen and oxygen atoms in total. The van der Waals surface area contributed by atoms with E-state index < -0.39 is 18.2 Å². The number of carboxylic acids is 1. The van der Waals surface area contributed by atoms with Crippen LogP contribution >= 0.6 is 12.8 Å². The smallest absolute Gasteiger partial charge is 0.335 e. The quantitative estimate of drug-likeness (QED) is 0.416. The number of alkyl halides is 1. The van der Waals surface area contributed by atoms with E-state index in [1.54, 1.807) is 0 Å². The molecule has 0 aliphatic rings. The molecular formula is C4H8FNO3S. The minimum atomic E-state index is -1.97. The van der Waals surface area contributed by atoms with E-state index in [-0.39, 0.29) is 6.54 Å². The minimum absolute atomic E-state index is 0.295. The Morgan fingerprint density at radius 2 is 2.30 bits per heavy atom. The molecule has 0 aliphatic heterocycles. The van der Waals surface area contributed by atoms with Crippen LogP contribution in [0.3, 0.4) is 0 Å². The molecule has 2 atom stereocenters. The molecule has 60 valence electrons. The van der Waals surface area contributed by atoms with Crippen LogP contribution in [0.4, 0.5) is 4.39 Å². The van der Waals surface area contributed by atoms with Crippen molar-refractivity contribution in [2.45, 2.75) is 12.3 Å². The number of nitrogens with one attached hydrogen (secondary N) is 1. The zero-order valence-corrected chi connectivity index (χ0v) is 5.88. The molecule has 0 saturated carbocycles. The Hall–Kier alpha value is -0.330. The maximum atomic E-state index is 12.3. The van der Waals surface area contributed by atoms with Gasteiger partial charge in [0.1, 0.15) is 6.17 Å². The lowest BCUT2D eigenvalue weighted by Crippen LogP contribution is -2.35. The second kappa shape index (κ2) is 4.48. The second-order valence-corrected chi connectivity index (χ2v) is 1.98. The first-order valence-electron chi connectivity index (χ1n) is 2.51. The lowest BCUT2D eigenvalue weighted by molar-refractivity contribution is -0.149. The van der Waals surface area contributed by atoms with Crippen molar-refractivity contribution in [1.82, 2.24) is 4.72 Å². The van der Waals surface area contributed by atoms with Crippen LogP contribution in [0, 0.1) is 0 Å². The van der Waals surface area contributed by atoms with E-state index in [1.807, 2.05) is 0 Å². The van der Waals surface area contributed by atoms with Crippen LogP contribution in [0.2, 0.25) is 0 Å². The molecule has 0 aromatic heterocycles. The maximum absolute atomic E-state index is 12.3. The summed E-state index contributed by atoms with van der Waals surface area (Å²) in [5.41, 5.74) is 0. The Bertz CT molecular complexity index is 123. The number of carboxylic acid groups (broad SMARTS) is 1. The lowest BCUT2D eigenvalue weighted by atomic mass is 10.2. The van der Waals surface area contributed by atoms with Gasteiger partial charge in [0.25, 0.3) is 0 Å². The zero-order valence-electron chi connectivity index (χ0n) is 4.99. The van der Waals surface area contributed by atoms with E-state index in [9.17, 15) is 9.18 Å². The standard InChI is InChI=1S/C4H8FNO3S/c5-2(1-6-10)3(7)4(8)9/h2-3,6-7,10H,1H2,(H,8,9)/t2-,3+/m1/s1. The Morgan fingerprint density at radius 1 is 1.80 bits per heavy atom. The predicted molar refractivity (Wildman–Crippen MR) is 35.5 cm³/mol. The number of aliphatic hydroxyl groups excluding tert-OH is 1. The molecule has 0 spiro atoms. The van der Waals surface area contributed by atoms with Crippen molar-refractivity contribution < 1.29 is 19.4 Å². The van der Waals surface area contributed by atoms with Crippen LogP contribution in [0.1, 0.15) is 0 Å². The van der Waals surface area contributed by atoms with Crippen LogP contribution in [0.5, 0.6) is 0 Å². The van der Waals surface area contributed by atoms with Gasteiger partial charge in [0.2, 0.25) is 0 Å². The molecule has 0 saturated heterocycles. The summed E-state index contributed by atoms with van der Waals surface area (Å²) in [6.45, 7) is -0.295. The minimum Gasteiger partial charge on any atom is -0.479 e. The van der Waals surface area contributed by atoms with Crippen LogP contribution in [-0.2, 0) is 4.79 Å². The topological polar surface area (TPSA) is 69.6 Å². The Morgan fingerprint density at radius 3 is 2.60 bits per heavy atom.